The van der Waals surface area contributed by atoms with Gasteiger partial charge in [0.2, 0.25) is 11.8 Å². The first kappa shape index (κ1) is 18.6. The first-order valence-corrected chi connectivity index (χ1v) is 8.02. The number of hydrogen-bond donors (Lipinski definition) is 1. The molecule has 25 heavy (non-hydrogen) atoms. The van der Waals surface area contributed by atoms with E-state index in [-0.39, 0.29) is 19.0 Å². The number of carbonyl (C=O) groups is 2. The summed E-state index contributed by atoms with van der Waals surface area (Å²) in [6.45, 7) is 1.33. The van der Waals surface area contributed by atoms with Crippen LogP contribution in [0.4, 0.5) is 14.5 Å². The largest absolute Gasteiger partial charge is 0.354 e. The fourth-order valence-corrected chi connectivity index (χ4v) is 2.47. The molecule has 2 aromatic carbocycles. The molecule has 0 atom stereocenters. The number of anilines is 1. The molecule has 0 bridgehead atoms. The normalized spacial score (nSPS) is 10.4. The van der Waals surface area contributed by atoms with Crippen molar-refractivity contribution in [1.82, 2.24) is 5.32 Å². The monoisotopic (exact) mass is 346 g/mol. The molecular formula is C19H20F2N2O2. The van der Waals surface area contributed by atoms with Crippen LogP contribution in [0.5, 0.6) is 0 Å². The van der Waals surface area contributed by atoms with Gasteiger partial charge in [0.1, 0.15) is 17.3 Å². The molecule has 0 spiro atoms. The van der Waals surface area contributed by atoms with Crippen molar-refractivity contribution in [3.05, 3.63) is 65.7 Å². The van der Waals surface area contributed by atoms with Crippen LogP contribution in [0.3, 0.4) is 0 Å². The van der Waals surface area contributed by atoms with Crippen molar-refractivity contribution in [2.75, 3.05) is 18.0 Å². The zero-order chi connectivity index (χ0) is 18.2. The standard InChI is InChI=1S/C19H20F2N2O2/c1-14(24)23(19-16(20)8-5-9-17(19)21)13-12-22-18(25)11-10-15-6-3-2-4-7-15/h2-9H,10-13H2,1H3,(H,22,25). The summed E-state index contributed by atoms with van der Waals surface area (Å²) >= 11 is 0. The van der Waals surface area contributed by atoms with Crippen molar-refractivity contribution in [1.29, 1.82) is 0 Å². The highest BCUT2D eigenvalue weighted by Crippen LogP contribution is 2.23. The van der Waals surface area contributed by atoms with Gasteiger partial charge in [0.05, 0.1) is 0 Å². The lowest BCUT2D eigenvalue weighted by atomic mass is 10.1. The molecule has 6 heteroatoms. The lowest BCUT2D eigenvalue weighted by molar-refractivity contribution is -0.121. The number of amides is 2. The van der Waals surface area contributed by atoms with E-state index in [9.17, 15) is 18.4 Å². The summed E-state index contributed by atoms with van der Waals surface area (Å²) in [6, 6.07) is 13.0. The van der Waals surface area contributed by atoms with Crippen LogP contribution in [0, 0.1) is 11.6 Å². The van der Waals surface area contributed by atoms with Crippen LogP contribution < -0.4 is 10.2 Å². The summed E-state index contributed by atoms with van der Waals surface area (Å²) in [4.78, 5) is 24.6. The van der Waals surface area contributed by atoms with Crippen LogP contribution >= 0.6 is 0 Å². The quantitative estimate of drug-likeness (QED) is 0.838. The minimum atomic E-state index is -0.814. The molecular weight excluding hydrogens is 326 g/mol. The maximum Gasteiger partial charge on any atom is 0.224 e. The number of para-hydroxylation sites is 1. The van der Waals surface area contributed by atoms with E-state index >= 15 is 0 Å². The minimum absolute atomic E-state index is 0.00966. The zero-order valence-corrected chi connectivity index (χ0v) is 14.0. The lowest BCUT2D eigenvalue weighted by Gasteiger charge is -2.22. The number of carbonyl (C=O) groups excluding carboxylic acids is 2. The van der Waals surface area contributed by atoms with Crippen LogP contribution in [-0.4, -0.2) is 24.9 Å². The number of aryl methyl sites for hydroxylation is 1. The molecule has 0 radical (unpaired) electrons. The molecule has 0 heterocycles. The van der Waals surface area contributed by atoms with Gasteiger partial charge in [-0.15, -0.1) is 0 Å². The molecule has 0 aromatic heterocycles. The lowest BCUT2D eigenvalue weighted by Crippen LogP contribution is -2.38. The predicted molar refractivity (Wildman–Crippen MR) is 92.2 cm³/mol. The van der Waals surface area contributed by atoms with Gasteiger partial charge >= 0.3 is 0 Å². The van der Waals surface area contributed by atoms with E-state index in [1.807, 2.05) is 30.3 Å². The molecule has 0 saturated carbocycles. The fraction of sp³-hybridized carbons (Fsp3) is 0.263. The van der Waals surface area contributed by atoms with Gasteiger partial charge in [0.25, 0.3) is 0 Å². The van der Waals surface area contributed by atoms with Gasteiger partial charge in [0.15, 0.2) is 0 Å². The van der Waals surface area contributed by atoms with Crippen molar-refractivity contribution in [3.63, 3.8) is 0 Å². The van der Waals surface area contributed by atoms with Crippen LogP contribution in [0.15, 0.2) is 48.5 Å². The Morgan fingerprint density at radius 2 is 1.64 bits per heavy atom. The summed E-state index contributed by atoms with van der Waals surface area (Å²) in [7, 11) is 0. The maximum absolute atomic E-state index is 13.8. The molecule has 1 N–H and O–H groups in total. The Hall–Kier alpha value is -2.76. The van der Waals surface area contributed by atoms with Crippen molar-refractivity contribution in [2.45, 2.75) is 19.8 Å². The number of nitrogens with zero attached hydrogens (tertiary/aromatic N) is 1. The molecule has 0 saturated heterocycles. The van der Waals surface area contributed by atoms with E-state index in [4.69, 9.17) is 0 Å². The molecule has 0 fully saturated rings. The highest BCUT2D eigenvalue weighted by molar-refractivity contribution is 5.91. The fourth-order valence-electron chi connectivity index (χ4n) is 2.47. The second kappa shape index (κ2) is 8.92. The molecule has 0 aliphatic heterocycles. The van der Waals surface area contributed by atoms with Crippen LogP contribution in [-0.2, 0) is 16.0 Å². The summed E-state index contributed by atoms with van der Waals surface area (Å²) in [6.07, 6.45) is 0.906. The number of nitrogens with one attached hydrogen (secondary N) is 1. The van der Waals surface area contributed by atoms with Crippen molar-refractivity contribution in [2.24, 2.45) is 0 Å². The van der Waals surface area contributed by atoms with Crippen molar-refractivity contribution < 1.29 is 18.4 Å². The Morgan fingerprint density at radius 3 is 2.24 bits per heavy atom. The Bertz CT molecular complexity index is 715. The smallest absolute Gasteiger partial charge is 0.224 e. The first-order valence-electron chi connectivity index (χ1n) is 8.02. The molecule has 0 unspecified atom stereocenters. The summed E-state index contributed by atoms with van der Waals surface area (Å²) in [5.41, 5.74) is 0.657. The topological polar surface area (TPSA) is 49.4 Å². The SMILES string of the molecule is CC(=O)N(CCNC(=O)CCc1ccccc1)c1c(F)cccc1F. The predicted octanol–water partition coefficient (Wildman–Crippen LogP) is 3.07. The molecule has 2 rings (SSSR count). The van der Waals surface area contributed by atoms with Gasteiger partial charge in [-0.2, -0.15) is 0 Å². The van der Waals surface area contributed by atoms with Gasteiger partial charge in [-0.05, 0) is 24.1 Å². The molecule has 4 nitrogen and oxygen atoms in total. The molecule has 0 aliphatic rings. The third-order valence-electron chi connectivity index (χ3n) is 3.73. The maximum atomic E-state index is 13.8. The number of rotatable bonds is 7. The molecule has 0 aliphatic carbocycles. The molecule has 132 valence electrons. The van der Waals surface area contributed by atoms with E-state index in [0.29, 0.717) is 12.8 Å². The van der Waals surface area contributed by atoms with E-state index in [1.165, 1.54) is 13.0 Å². The molecule has 2 amide bonds. The van der Waals surface area contributed by atoms with Crippen LogP contribution in [0.1, 0.15) is 18.9 Å². The molecule has 2 aromatic rings. The zero-order valence-electron chi connectivity index (χ0n) is 14.0. The summed E-state index contributed by atoms with van der Waals surface area (Å²) in [5, 5.41) is 2.67. The Morgan fingerprint density at radius 1 is 1.00 bits per heavy atom. The Labute approximate surface area is 145 Å². The van der Waals surface area contributed by atoms with E-state index < -0.39 is 23.2 Å². The second-order valence-electron chi connectivity index (χ2n) is 5.58. The number of benzene rings is 2. The van der Waals surface area contributed by atoms with E-state index in [1.54, 1.807) is 0 Å². The second-order valence-corrected chi connectivity index (χ2v) is 5.58. The third kappa shape index (κ3) is 5.38. The van der Waals surface area contributed by atoms with Gasteiger partial charge in [0, 0.05) is 26.4 Å². The van der Waals surface area contributed by atoms with Gasteiger partial charge in [-0.25, -0.2) is 8.78 Å². The summed E-state index contributed by atoms with van der Waals surface area (Å²) < 4.78 is 27.7. The van der Waals surface area contributed by atoms with Gasteiger partial charge in [-0.1, -0.05) is 36.4 Å². The summed E-state index contributed by atoms with van der Waals surface area (Å²) in [5.74, 6) is -2.31. The third-order valence-corrected chi connectivity index (χ3v) is 3.73. The first-order chi connectivity index (χ1) is 12.0. The Kier molecular flexibility index (Phi) is 6.62. The van der Waals surface area contributed by atoms with Crippen molar-refractivity contribution in [3.8, 4) is 0 Å². The minimum Gasteiger partial charge on any atom is -0.354 e. The average molecular weight is 346 g/mol. The highest BCUT2D eigenvalue weighted by atomic mass is 19.1. The Balaban J connectivity index is 1.87. The highest BCUT2D eigenvalue weighted by Gasteiger charge is 2.19. The van der Waals surface area contributed by atoms with Gasteiger partial charge in [-0.3, -0.25) is 9.59 Å². The van der Waals surface area contributed by atoms with E-state index in [0.717, 1.165) is 22.6 Å². The van der Waals surface area contributed by atoms with Crippen molar-refractivity contribution >= 4 is 17.5 Å². The number of hydrogen-bond acceptors (Lipinski definition) is 2. The van der Waals surface area contributed by atoms with Gasteiger partial charge < -0.3 is 10.2 Å². The number of halogens is 2. The van der Waals surface area contributed by atoms with Crippen LogP contribution in [0.25, 0.3) is 0 Å². The average Bonchev–Trinajstić information content (AvgIpc) is 2.59. The van der Waals surface area contributed by atoms with Crippen LogP contribution in [0.2, 0.25) is 0 Å². The van der Waals surface area contributed by atoms with E-state index in [2.05, 4.69) is 5.32 Å².